The predicted molar refractivity (Wildman–Crippen MR) is 98.2 cm³/mol. The lowest BCUT2D eigenvalue weighted by molar-refractivity contribution is 0.409. The van der Waals surface area contributed by atoms with Crippen LogP contribution < -0.4 is 14.8 Å². The van der Waals surface area contributed by atoms with Gasteiger partial charge in [-0.3, -0.25) is 0 Å². The molecule has 3 rings (SSSR count). The second-order valence-corrected chi connectivity index (χ2v) is 5.82. The number of ether oxygens (including phenoxy) is 2. The zero-order chi connectivity index (χ0) is 17.8. The summed E-state index contributed by atoms with van der Waals surface area (Å²) in [6, 6.07) is 12.3. The molecule has 1 aromatic heterocycles. The van der Waals surface area contributed by atoms with Crippen molar-refractivity contribution >= 4 is 16.7 Å². The molecule has 3 aromatic rings. The molecule has 0 fully saturated rings. The maximum absolute atomic E-state index is 13.0. The van der Waals surface area contributed by atoms with E-state index in [1.165, 1.54) is 12.1 Å². The van der Waals surface area contributed by atoms with Crippen LogP contribution in [0.5, 0.6) is 11.5 Å². The van der Waals surface area contributed by atoms with Crippen LogP contribution in [0.2, 0.25) is 0 Å². The fraction of sp³-hybridized carbons (Fsp3) is 0.250. The molecule has 2 aromatic carbocycles. The van der Waals surface area contributed by atoms with E-state index in [-0.39, 0.29) is 5.82 Å². The number of benzene rings is 2. The molecule has 0 bridgehead atoms. The normalized spacial score (nSPS) is 10.7. The van der Waals surface area contributed by atoms with E-state index in [0.717, 1.165) is 40.0 Å². The molecule has 0 radical (unpaired) electrons. The summed E-state index contributed by atoms with van der Waals surface area (Å²) in [5.41, 5.74) is 2.90. The van der Waals surface area contributed by atoms with Crippen molar-refractivity contribution in [2.75, 3.05) is 26.1 Å². The number of halogens is 1. The lowest BCUT2D eigenvalue weighted by Crippen LogP contribution is -2.07. The Morgan fingerprint density at radius 1 is 1.00 bits per heavy atom. The lowest BCUT2D eigenvalue weighted by Gasteiger charge is -2.14. The number of methoxy groups -OCH3 is 2. The van der Waals surface area contributed by atoms with E-state index in [0.29, 0.717) is 12.3 Å². The van der Waals surface area contributed by atoms with E-state index in [9.17, 15) is 4.39 Å². The van der Waals surface area contributed by atoms with Crippen molar-refractivity contribution in [2.24, 2.45) is 0 Å². The van der Waals surface area contributed by atoms with Crippen LogP contribution >= 0.6 is 0 Å². The summed E-state index contributed by atoms with van der Waals surface area (Å²) in [5.74, 6) is 2.04. The third-order valence-corrected chi connectivity index (χ3v) is 4.16. The van der Waals surface area contributed by atoms with Crippen molar-refractivity contribution in [3.05, 3.63) is 59.4 Å². The van der Waals surface area contributed by atoms with E-state index in [4.69, 9.17) is 9.47 Å². The van der Waals surface area contributed by atoms with Gasteiger partial charge in [-0.25, -0.2) is 9.37 Å². The van der Waals surface area contributed by atoms with Crippen LogP contribution in [0.3, 0.4) is 0 Å². The molecule has 0 aliphatic rings. The Morgan fingerprint density at radius 2 is 1.68 bits per heavy atom. The molecule has 4 nitrogen and oxygen atoms in total. The summed E-state index contributed by atoms with van der Waals surface area (Å²) in [7, 11) is 3.28. The monoisotopic (exact) mass is 340 g/mol. The van der Waals surface area contributed by atoms with Crippen molar-refractivity contribution < 1.29 is 13.9 Å². The highest BCUT2D eigenvalue weighted by Gasteiger charge is 2.12. The van der Waals surface area contributed by atoms with E-state index in [2.05, 4.69) is 10.3 Å². The number of nitrogens with one attached hydrogen (secondary N) is 1. The minimum atomic E-state index is -0.218. The number of aromatic nitrogens is 1. The Morgan fingerprint density at radius 3 is 2.36 bits per heavy atom. The summed E-state index contributed by atoms with van der Waals surface area (Å²) >= 11 is 0. The summed E-state index contributed by atoms with van der Waals surface area (Å²) in [4.78, 5) is 4.68. The van der Waals surface area contributed by atoms with Crippen LogP contribution in [0, 0.1) is 12.7 Å². The predicted octanol–water partition coefficient (Wildman–Crippen LogP) is 4.35. The molecule has 0 spiro atoms. The number of rotatable bonds is 6. The van der Waals surface area contributed by atoms with Gasteiger partial charge in [0, 0.05) is 11.9 Å². The number of nitrogens with zero attached hydrogens (tertiary/aromatic N) is 1. The topological polar surface area (TPSA) is 43.4 Å². The minimum Gasteiger partial charge on any atom is -0.496 e. The molecular formula is C20H21FN2O2. The van der Waals surface area contributed by atoms with Crippen LogP contribution in [-0.4, -0.2) is 25.7 Å². The highest BCUT2D eigenvalue weighted by molar-refractivity contribution is 5.94. The molecule has 0 aliphatic heterocycles. The summed E-state index contributed by atoms with van der Waals surface area (Å²) in [6.45, 7) is 2.73. The third kappa shape index (κ3) is 3.65. The van der Waals surface area contributed by atoms with E-state index in [1.54, 1.807) is 26.4 Å². The fourth-order valence-electron chi connectivity index (χ4n) is 2.89. The first-order valence-electron chi connectivity index (χ1n) is 8.13. The average Bonchev–Trinajstić information content (AvgIpc) is 2.62. The highest BCUT2D eigenvalue weighted by Crippen LogP contribution is 2.35. The first-order valence-corrected chi connectivity index (χ1v) is 8.13. The van der Waals surface area contributed by atoms with Gasteiger partial charge in [0.25, 0.3) is 0 Å². The van der Waals surface area contributed by atoms with Crippen LogP contribution in [0.25, 0.3) is 10.9 Å². The molecule has 1 heterocycles. The zero-order valence-corrected chi connectivity index (χ0v) is 14.6. The number of hydrogen-bond donors (Lipinski definition) is 1. The van der Waals surface area contributed by atoms with Crippen LogP contribution in [-0.2, 0) is 6.42 Å². The maximum atomic E-state index is 13.0. The highest BCUT2D eigenvalue weighted by atomic mass is 19.1. The number of aryl methyl sites for hydroxylation is 1. The lowest BCUT2D eigenvalue weighted by atomic mass is 10.1. The molecule has 0 amide bonds. The average molecular weight is 340 g/mol. The van der Waals surface area contributed by atoms with Gasteiger partial charge in [0.15, 0.2) is 0 Å². The third-order valence-electron chi connectivity index (χ3n) is 4.16. The summed E-state index contributed by atoms with van der Waals surface area (Å²) < 4.78 is 23.8. The first kappa shape index (κ1) is 17.0. The van der Waals surface area contributed by atoms with Crippen LogP contribution in [0.15, 0.2) is 42.5 Å². The Kier molecular flexibility index (Phi) is 5.03. The van der Waals surface area contributed by atoms with Gasteiger partial charge in [-0.1, -0.05) is 12.1 Å². The fourth-order valence-corrected chi connectivity index (χ4v) is 2.89. The standard InChI is InChI=1S/C20H21FN2O2/c1-13-12-18(22-11-10-14-4-6-15(21)7-5-14)23-20-17(25-3)9-8-16(24-2)19(13)20/h4-9,12H,10-11H2,1-3H3,(H,22,23). The summed E-state index contributed by atoms with van der Waals surface area (Å²) in [6.07, 6.45) is 0.786. The van der Waals surface area contributed by atoms with Gasteiger partial charge >= 0.3 is 0 Å². The smallest absolute Gasteiger partial charge is 0.145 e. The Bertz CT molecular complexity index is 879. The van der Waals surface area contributed by atoms with Crippen molar-refractivity contribution in [1.29, 1.82) is 0 Å². The van der Waals surface area contributed by atoms with E-state index < -0.39 is 0 Å². The molecular weight excluding hydrogens is 319 g/mol. The second-order valence-electron chi connectivity index (χ2n) is 5.82. The SMILES string of the molecule is COc1ccc(OC)c2c(C)cc(NCCc3ccc(F)cc3)nc12. The first-order chi connectivity index (χ1) is 12.1. The van der Waals surface area contributed by atoms with Gasteiger partial charge in [0.05, 0.1) is 14.2 Å². The van der Waals surface area contributed by atoms with Gasteiger partial charge < -0.3 is 14.8 Å². The molecule has 1 N–H and O–H groups in total. The Labute approximate surface area is 146 Å². The van der Waals surface area contributed by atoms with Gasteiger partial charge in [-0.2, -0.15) is 0 Å². The molecule has 0 atom stereocenters. The van der Waals surface area contributed by atoms with E-state index >= 15 is 0 Å². The van der Waals surface area contributed by atoms with Crippen LogP contribution in [0.4, 0.5) is 10.2 Å². The molecule has 0 saturated heterocycles. The van der Waals surface area contributed by atoms with Crippen molar-refractivity contribution in [2.45, 2.75) is 13.3 Å². The molecule has 5 heteroatoms. The molecule has 0 unspecified atom stereocenters. The van der Waals surface area contributed by atoms with Gasteiger partial charge in [0.2, 0.25) is 0 Å². The largest absolute Gasteiger partial charge is 0.496 e. The summed E-state index contributed by atoms with van der Waals surface area (Å²) in [5, 5.41) is 4.28. The molecule has 130 valence electrons. The van der Waals surface area contributed by atoms with Gasteiger partial charge in [-0.15, -0.1) is 0 Å². The maximum Gasteiger partial charge on any atom is 0.145 e. The van der Waals surface area contributed by atoms with Gasteiger partial charge in [-0.05, 0) is 54.8 Å². The Hall–Kier alpha value is -2.82. The zero-order valence-electron chi connectivity index (χ0n) is 14.6. The second kappa shape index (κ2) is 7.38. The van der Waals surface area contributed by atoms with Crippen molar-refractivity contribution in [1.82, 2.24) is 4.98 Å². The molecule has 0 saturated carbocycles. The quantitative estimate of drug-likeness (QED) is 0.724. The van der Waals surface area contributed by atoms with E-state index in [1.807, 2.05) is 25.1 Å². The van der Waals surface area contributed by atoms with Crippen molar-refractivity contribution in [3.8, 4) is 11.5 Å². The number of hydrogen-bond acceptors (Lipinski definition) is 4. The number of pyridine rings is 1. The van der Waals surface area contributed by atoms with Crippen LogP contribution in [0.1, 0.15) is 11.1 Å². The van der Waals surface area contributed by atoms with Crippen molar-refractivity contribution in [3.63, 3.8) is 0 Å². The Balaban J connectivity index is 1.83. The molecule has 0 aliphatic carbocycles. The number of fused-ring (bicyclic) bond motifs is 1. The van der Waals surface area contributed by atoms with Gasteiger partial charge in [0.1, 0.15) is 28.7 Å². The molecule has 25 heavy (non-hydrogen) atoms. The number of anilines is 1. The minimum absolute atomic E-state index is 0.218.